The van der Waals surface area contributed by atoms with Crippen LogP contribution >= 0.6 is 0 Å². The molecule has 1 unspecified atom stereocenters. The first-order valence-corrected chi connectivity index (χ1v) is 3.63. The van der Waals surface area contributed by atoms with Gasteiger partial charge in [0.2, 0.25) is 0 Å². The summed E-state index contributed by atoms with van der Waals surface area (Å²) >= 11 is 0. The van der Waals surface area contributed by atoms with Crippen LogP contribution in [0.4, 0.5) is 0 Å². The molecule has 0 amide bonds. The highest BCUT2D eigenvalue weighted by Gasteiger charge is 2.57. The number of hydrogen-bond donors (Lipinski definition) is 1. The molecule has 0 bridgehead atoms. The van der Waals surface area contributed by atoms with Crippen molar-refractivity contribution >= 4 is 5.97 Å². The smallest absolute Gasteiger partial charge is 0.309 e. The van der Waals surface area contributed by atoms with Gasteiger partial charge in [0.05, 0.1) is 13.0 Å². The van der Waals surface area contributed by atoms with Gasteiger partial charge in [-0.3, -0.25) is 4.79 Å². The summed E-state index contributed by atoms with van der Waals surface area (Å²) < 4.78 is 4.64. The van der Waals surface area contributed by atoms with E-state index in [9.17, 15) is 4.79 Å². The molecule has 2 aliphatic rings. The van der Waals surface area contributed by atoms with Crippen molar-refractivity contribution in [1.29, 1.82) is 0 Å². The topological polar surface area (TPSA) is 38.3 Å². The summed E-state index contributed by atoms with van der Waals surface area (Å²) in [7, 11) is 1.46. The van der Waals surface area contributed by atoms with Crippen molar-refractivity contribution in [3.05, 3.63) is 0 Å². The molecule has 2 fully saturated rings. The number of methoxy groups -OCH3 is 1. The van der Waals surface area contributed by atoms with Crippen LogP contribution in [0.2, 0.25) is 0 Å². The first kappa shape index (κ1) is 6.16. The summed E-state index contributed by atoms with van der Waals surface area (Å²) in [5.41, 5.74) is 0. The van der Waals surface area contributed by atoms with E-state index in [1.54, 1.807) is 0 Å². The molecule has 3 heteroatoms. The third kappa shape index (κ3) is 0.669. The Morgan fingerprint density at radius 3 is 2.60 bits per heavy atom. The van der Waals surface area contributed by atoms with Crippen molar-refractivity contribution in [2.45, 2.75) is 0 Å². The molecule has 2 rings (SSSR count). The van der Waals surface area contributed by atoms with E-state index in [0.717, 1.165) is 13.1 Å². The molecule has 0 aromatic heterocycles. The highest BCUT2D eigenvalue weighted by molar-refractivity contribution is 5.76. The van der Waals surface area contributed by atoms with Crippen molar-refractivity contribution in [1.82, 2.24) is 5.32 Å². The van der Waals surface area contributed by atoms with Gasteiger partial charge in [0.25, 0.3) is 0 Å². The fourth-order valence-corrected chi connectivity index (χ4v) is 1.90. The summed E-state index contributed by atoms with van der Waals surface area (Å²) in [5.74, 6) is 1.39. The molecule has 1 N–H and O–H groups in total. The molecular weight excluding hydrogens is 130 g/mol. The summed E-state index contributed by atoms with van der Waals surface area (Å²) in [5, 5.41) is 3.22. The number of piperidine rings is 1. The normalized spacial score (nSPS) is 42.7. The Hall–Kier alpha value is -0.570. The zero-order chi connectivity index (χ0) is 7.14. The van der Waals surface area contributed by atoms with Crippen molar-refractivity contribution < 1.29 is 9.53 Å². The Labute approximate surface area is 59.7 Å². The molecule has 0 aromatic carbocycles. The first-order valence-electron chi connectivity index (χ1n) is 3.63. The highest BCUT2D eigenvalue weighted by Crippen LogP contribution is 2.49. The maximum atomic E-state index is 10.9. The molecule has 0 radical (unpaired) electrons. The Morgan fingerprint density at radius 2 is 2.10 bits per heavy atom. The molecule has 0 aromatic rings. The van der Waals surface area contributed by atoms with E-state index in [4.69, 9.17) is 0 Å². The minimum Gasteiger partial charge on any atom is -0.469 e. The van der Waals surface area contributed by atoms with Gasteiger partial charge in [0.1, 0.15) is 0 Å². The van der Waals surface area contributed by atoms with Gasteiger partial charge in [-0.15, -0.1) is 0 Å². The third-order valence-corrected chi connectivity index (χ3v) is 2.57. The Balaban J connectivity index is 1.94. The SMILES string of the molecule is COC(=O)C1[C@H]2CNC[C@@H]12. The Kier molecular flexibility index (Phi) is 1.20. The second-order valence-electron chi connectivity index (χ2n) is 3.03. The van der Waals surface area contributed by atoms with Crippen LogP contribution in [0.3, 0.4) is 0 Å². The lowest BCUT2D eigenvalue weighted by Crippen LogP contribution is -2.19. The fourth-order valence-electron chi connectivity index (χ4n) is 1.90. The Morgan fingerprint density at radius 1 is 1.50 bits per heavy atom. The minimum atomic E-state index is -0.0171. The van der Waals surface area contributed by atoms with Crippen LogP contribution in [0.1, 0.15) is 0 Å². The van der Waals surface area contributed by atoms with E-state index in [1.165, 1.54) is 7.11 Å². The average Bonchev–Trinajstić information content (AvgIpc) is 2.43. The van der Waals surface area contributed by atoms with E-state index >= 15 is 0 Å². The molecule has 1 saturated carbocycles. The zero-order valence-corrected chi connectivity index (χ0v) is 5.96. The predicted octanol–water partition coefficient (Wildman–Crippen LogP) is -0.375. The number of ether oxygens (including phenoxy) is 1. The van der Waals surface area contributed by atoms with E-state index in [-0.39, 0.29) is 11.9 Å². The van der Waals surface area contributed by atoms with Gasteiger partial charge in [0.15, 0.2) is 0 Å². The van der Waals surface area contributed by atoms with Gasteiger partial charge in [-0.2, -0.15) is 0 Å². The lowest BCUT2D eigenvalue weighted by atomic mass is 10.3. The van der Waals surface area contributed by atoms with E-state index in [0.29, 0.717) is 11.8 Å². The van der Waals surface area contributed by atoms with Crippen LogP contribution in [0.15, 0.2) is 0 Å². The number of carbonyl (C=O) groups is 1. The maximum absolute atomic E-state index is 10.9. The fraction of sp³-hybridized carbons (Fsp3) is 0.857. The quantitative estimate of drug-likeness (QED) is 0.506. The zero-order valence-electron chi connectivity index (χ0n) is 5.96. The second kappa shape index (κ2) is 1.95. The summed E-state index contributed by atoms with van der Waals surface area (Å²) in [6, 6.07) is 0. The van der Waals surface area contributed by atoms with Crippen molar-refractivity contribution in [2.24, 2.45) is 17.8 Å². The lowest BCUT2D eigenvalue weighted by molar-refractivity contribution is -0.143. The van der Waals surface area contributed by atoms with Crippen LogP contribution < -0.4 is 5.32 Å². The van der Waals surface area contributed by atoms with Gasteiger partial charge in [-0.1, -0.05) is 0 Å². The molecular formula is C7H11NO2. The molecule has 1 aliphatic heterocycles. The van der Waals surface area contributed by atoms with Gasteiger partial charge < -0.3 is 10.1 Å². The van der Waals surface area contributed by atoms with Crippen molar-refractivity contribution in [3.63, 3.8) is 0 Å². The van der Waals surface area contributed by atoms with Crippen LogP contribution in [0, 0.1) is 17.8 Å². The van der Waals surface area contributed by atoms with Crippen molar-refractivity contribution in [2.75, 3.05) is 20.2 Å². The number of carbonyl (C=O) groups excluding carboxylic acids is 1. The summed E-state index contributed by atoms with van der Waals surface area (Å²) in [4.78, 5) is 10.9. The standard InChI is InChI=1S/C7H11NO2/c1-10-7(9)6-4-2-8-3-5(4)6/h4-6,8H,2-3H2,1H3/t4-,5+,6?. The Bertz CT molecular complexity index is 159. The van der Waals surface area contributed by atoms with Gasteiger partial charge in [-0.25, -0.2) is 0 Å². The van der Waals surface area contributed by atoms with Crippen LogP contribution in [0.5, 0.6) is 0 Å². The third-order valence-electron chi connectivity index (χ3n) is 2.57. The number of hydrogen-bond acceptors (Lipinski definition) is 3. The number of rotatable bonds is 1. The average molecular weight is 141 g/mol. The largest absolute Gasteiger partial charge is 0.469 e. The predicted molar refractivity (Wildman–Crippen MR) is 35.4 cm³/mol. The molecule has 10 heavy (non-hydrogen) atoms. The minimum absolute atomic E-state index is 0.0171. The molecule has 3 atom stereocenters. The maximum Gasteiger partial charge on any atom is 0.309 e. The molecule has 1 saturated heterocycles. The summed E-state index contributed by atoms with van der Waals surface area (Å²) in [6.07, 6.45) is 0. The van der Waals surface area contributed by atoms with Gasteiger partial charge in [-0.05, 0) is 24.9 Å². The van der Waals surface area contributed by atoms with E-state index in [1.807, 2.05) is 0 Å². The molecule has 3 nitrogen and oxygen atoms in total. The van der Waals surface area contributed by atoms with Crippen LogP contribution in [0.25, 0.3) is 0 Å². The summed E-state index contributed by atoms with van der Waals surface area (Å²) in [6.45, 7) is 2.01. The lowest BCUT2D eigenvalue weighted by Gasteiger charge is -2.00. The molecule has 0 spiro atoms. The van der Waals surface area contributed by atoms with Crippen LogP contribution in [-0.2, 0) is 9.53 Å². The number of esters is 1. The van der Waals surface area contributed by atoms with E-state index < -0.39 is 0 Å². The van der Waals surface area contributed by atoms with Crippen molar-refractivity contribution in [3.8, 4) is 0 Å². The number of fused-ring (bicyclic) bond motifs is 1. The number of nitrogens with one attached hydrogen (secondary N) is 1. The highest BCUT2D eigenvalue weighted by atomic mass is 16.5. The molecule has 1 heterocycles. The van der Waals surface area contributed by atoms with Gasteiger partial charge in [0, 0.05) is 0 Å². The monoisotopic (exact) mass is 141 g/mol. The molecule has 56 valence electrons. The van der Waals surface area contributed by atoms with Gasteiger partial charge >= 0.3 is 5.97 Å². The second-order valence-corrected chi connectivity index (χ2v) is 3.03. The van der Waals surface area contributed by atoms with E-state index in [2.05, 4.69) is 10.1 Å². The van der Waals surface area contributed by atoms with Crippen LogP contribution in [-0.4, -0.2) is 26.2 Å². The molecule has 1 aliphatic carbocycles. The first-order chi connectivity index (χ1) is 4.84.